The SMILES string of the molecule is CC(=O)N(C)c1cc(C)ccc1Oc1cc(C(=O)NCCCCOc2ccc(C)cc2C)c(O)c2ccccc12. The molecule has 4 aromatic carbocycles. The number of ether oxygens (including phenoxy) is 2. The van der Waals surface area contributed by atoms with Gasteiger partial charge in [-0.2, -0.15) is 0 Å². The van der Waals surface area contributed by atoms with Crippen LogP contribution in [-0.4, -0.2) is 37.1 Å². The summed E-state index contributed by atoms with van der Waals surface area (Å²) in [6.45, 7) is 8.48. The third-order valence-corrected chi connectivity index (χ3v) is 6.84. The molecule has 0 aliphatic carbocycles. The van der Waals surface area contributed by atoms with Crippen LogP contribution in [0.5, 0.6) is 23.0 Å². The van der Waals surface area contributed by atoms with E-state index in [1.165, 1.54) is 17.4 Å². The van der Waals surface area contributed by atoms with Crippen molar-refractivity contribution in [1.29, 1.82) is 0 Å². The zero-order chi connectivity index (χ0) is 28.8. The molecule has 0 bridgehead atoms. The highest BCUT2D eigenvalue weighted by molar-refractivity contribution is 6.06. The fourth-order valence-corrected chi connectivity index (χ4v) is 4.52. The lowest BCUT2D eigenvalue weighted by molar-refractivity contribution is -0.116. The Bertz CT molecular complexity index is 1550. The average Bonchev–Trinajstić information content (AvgIpc) is 2.93. The molecule has 0 unspecified atom stereocenters. The van der Waals surface area contributed by atoms with Crippen LogP contribution in [0.15, 0.2) is 66.7 Å². The van der Waals surface area contributed by atoms with Crippen LogP contribution in [0.25, 0.3) is 10.8 Å². The van der Waals surface area contributed by atoms with E-state index in [4.69, 9.17) is 9.47 Å². The molecule has 0 saturated heterocycles. The summed E-state index contributed by atoms with van der Waals surface area (Å²) in [7, 11) is 1.69. The topological polar surface area (TPSA) is 88.1 Å². The van der Waals surface area contributed by atoms with Gasteiger partial charge in [0.05, 0.1) is 17.9 Å². The molecule has 4 aromatic rings. The largest absolute Gasteiger partial charge is 0.506 e. The molecule has 208 valence electrons. The van der Waals surface area contributed by atoms with Gasteiger partial charge in [-0.05, 0) is 69.0 Å². The van der Waals surface area contributed by atoms with Crippen LogP contribution < -0.4 is 19.7 Å². The maximum absolute atomic E-state index is 13.1. The van der Waals surface area contributed by atoms with Gasteiger partial charge in [0.15, 0.2) is 5.75 Å². The molecule has 0 aliphatic rings. The highest BCUT2D eigenvalue weighted by Gasteiger charge is 2.20. The van der Waals surface area contributed by atoms with E-state index in [0.29, 0.717) is 41.1 Å². The van der Waals surface area contributed by atoms with E-state index in [2.05, 4.69) is 18.3 Å². The van der Waals surface area contributed by atoms with Gasteiger partial charge in [0.25, 0.3) is 5.91 Å². The quantitative estimate of drug-likeness (QED) is 0.215. The average molecular weight is 541 g/mol. The normalized spacial score (nSPS) is 10.8. The number of fused-ring (bicyclic) bond motifs is 1. The van der Waals surface area contributed by atoms with E-state index < -0.39 is 5.91 Å². The number of aromatic hydroxyl groups is 1. The molecular formula is C33H36N2O5. The fraction of sp³-hybridized carbons (Fsp3) is 0.273. The van der Waals surface area contributed by atoms with Gasteiger partial charge in [-0.15, -0.1) is 0 Å². The van der Waals surface area contributed by atoms with E-state index in [-0.39, 0.29) is 17.2 Å². The molecule has 0 radical (unpaired) electrons. The summed E-state index contributed by atoms with van der Waals surface area (Å²) >= 11 is 0. The van der Waals surface area contributed by atoms with E-state index in [1.54, 1.807) is 31.3 Å². The van der Waals surface area contributed by atoms with Crippen molar-refractivity contribution in [3.05, 3.63) is 89.0 Å². The van der Waals surface area contributed by atoms with Crippen LogP contribution in [0.1, 0.15) is 46.8 Å². The Hall–Kier alpha value is -4.52. The zero-order valence-electron chi connectivity index (χ0n) is 23.7. The summed E-state index contributed by atoms with van der Waals surface area (Å²) in [5.41, 5.74) is 4.00. The molecule has 0 spiro atoms. The van der Waals surface area contributed by atoms with Gasteiger partial charge in [0.2, 0.25) is 5.91 Å². The first-order valence-corrected chi connectivity index (χ1v) is 13.4. The van der Waals surface area contributed by atoms with Crippen molar-refractivity contribution >= 4 is 28.3 Å². The second-order valence-corrected chi connectivity index (χ2v) is 10.0. The zero-order valence-corrected chi connectivity index (χ0v) is 23.7. The first kappa shape index (κ1) is 28.5. The third-order valence-electron chi connectivity index (χ3n) is 6.84. The number of unbranched alkanes of at least 4 members (excludes halogenated alkanes) is 1. The highest BCUT2D eigenvalue weighted by Crippen LogP contribution is 2.40. The van der Waals surface area contributed by atoms with Gasteiger partial charge < -0.3 is 24.8 Å². The summed E-state index contributed by atoms with van der Waals surface area (Å²) < 4.78 is 12.2. The number of phenolic OH excluding ortho intramolecular Hbond substituents is 1. The molecule has 0 saturated carbocycles. The third kappa shape index (κ3) is 6.54. The summed E-state index contributed by atoms with van der Waals surface area (Å²) in [4.78, 5) is 26.8. The number of phenols is 1. The Kier molecular flexibility index (Phi) is 8.94. The molecule has 7 nitrogen and oxygen atoms in total. The van der Waals surface area contributed by atoms with Crippen LogP contribution in [0.2, 0.25) is 0 Å². The number of rotatable bonds is 10. The maximum Gasteiger partial charge on any atom is 0.255 e. The molecule has 0 fully saturated rings. The number of aryl methyl sites for hydroxylation is 3. The molecule has 2 N–H and O–H groups in total. The summed E-state index contributed by atoms with van der Waals surface area (Å²) in [6, 6.07) is 20.4. The monoisotopic (exact) mass is 540 g/mol. The lowest BCUT2D eigenvalue weighted by Gasteiger charge is -2.21. The molecule has 0 atom stereocenters. The van der Waals surface area contributed by atoms with E-state index in [9.17, 15) is 14.7 Å². The van der Waals surface area contributed by atoms with Gasteiger partial charge in [0.1, 0.15) is 17.2 Å². The molecule has 7 heteroatoms. The maximum atomic E-state index is 13.1. The van der Waals surface area contributed by atoms with Crippen LogP contribution >= 0.6 is 0 Å². The summed E-state index contributed by atoms with van der Waals surface area (Å²) in [6.07, 6.45) is 1.49. The van der Waals surface area contributed by atoms with Crippen LogP contribution in [-0.2, 0) is 4.79 Å². The number of hydrogen-bond acceptors (Lipinski definition) is 5. The Morgan fingerprint density at radius 1 is 0.850 bits per heavy atom. The Labute approximate surface area is 235 Å². The number of carbonyl (C=O) groups excluding carboxylic acids is 2. The standard InChI is InChI=1S/C33H36N2O5/c1-21-12-14-29(23(3)18-21)39-17-9-8-16-34-33(38)27-20-31(25-10-6-7-11-26(25)32(27)37)40-30-15-13-22(2)19-28(30)35(5)24(4)36/h6-7,10-15,18-20,37H,8-9,16-17H2,1-5H3,(H,34,38). The minimum Gasteiger partial charge on any atom is -0.506 e. The van der Waals surface area contributed by atoms with E-state index in [1.807, 2.05) is 50.2 Å². The first-order valence-electron chi connectivity index (χ1n) is 13.4. The van der Waals surface area contributed by atoms with Crippen molar-refractivity contribution < 1.29 is 24.2 Å². The molecule has 2 amide bonds. The van der Waals surface area contributed by atoms with Gasteiger partial charge in [-0.25, -0.2) is 0 Å². The van der Waals surface area contributed by atoms with Gasteiger partial charge >= 0.3 is 0 Å². The van der Waals surface area contributed by atoms with Gasteiger partial charge in [-0.1, -0.05) is 48.0 Å². The molecule has 4 rings (SSSR count). The molecule has 40 heavy (non-hydrogen) atoms. The van der Waals surface area contributed by atoms with Crippen LogP contribution in [0, 0.1) is 20.8 Å². The van der Waals surface area contributed by atoms with Gasteiger partial charge in [-0.3, -0.25) is 9.59 Å². The summed E-state index contributed by atoms with van der Waals surface area (Å²) in [5, 5.41) is 15.0. The van der Waals surface area contributed by atoms with E-state index in [0.717, 1.165) is 29.7 Å². The first-order chi connectivity index (χ1) is 19.2. The highest BCUT2D eigenvalue weighted by atomic mass is 16.5. The number of benzene rings is 4. The van der Waals surface area contributed by atoms with E-state index >= 15 is 0 Å². The second kappa shape index (κ2) is 12.6. The fourth-order valence-electron chi connectivity index (χ4n) is 4.52. The predicted molar refractivity (Wildman–Crippen MR) is 159 cm³/mol. The molecule has 0 aliphatic heterocycles. The number of carbonyl (C=O) groups is 2. The number of nitrogens with zero attached hydrogens (tertiary/aromatic N) is 1. The summed E-state index contributed by atoms with van der Waals surface area (Å²) in [5.74, 6) is 1.11. The minimum atomic E-state index is -0.395. The Morgan fingerprint density at radius 2 is 1.52 bits per heavy atom. The number of nitrogens with one attached hydrogen (secondary N) is 1. The Morgan fingerprint density at radius 3 is 2.23 bits per heavy atom. The molecule has 0 aromatic heterocycles. The van der Waals surface area contributed by atoms with Crippen molar-refractivity contribution in [2.24, 2.45) is 0 Å². The van der Waals surface area contributed by atoms with Crippen LogP contribution in [0.4, 0.5) is 5.69 Å². The van der Waals surface area contributed by atoms with Crippen molar-refractivity contribution in [3.63, 3.8) is 0 Å². The smallest absolute Gasteiger partial charge is 0.255 e. The number of anilines is 1. The molecular weight excluding hydrogens is 504 g/mol. The minimum absolute atomic E-state index is 0.108. The van der Waals surface area contributed by atoms with Gasteiger partial charge in [0, 0.05) is 31.3 Å². The lowest BCUT2D eigenvalue weighted by Crippen LogP contribution is -2.25. The predicted octanol–water partition coefficient (Wildman–Crippen LogP) is 6.83. The molecule has 0 heterocycles. The van der Waals surface area contributed by atoms with Crippen molar-refractivity contribution in [2.75, 3.05) is 25.1 Å². The van der Waals surface area contributed by atoms with Crippen molar-refractivity contribution in [1.82, 2.24) is 5.32 Å². The lowest BCUT2D eigenvalue weighted by atomic mass is 10.0. The second-order valence-electron chi connectivity index (χ2n) is 10.0. The number of hydrogen-bond donors (Lipinski definition) is 2. The van der Waals surface area contributed by atoms with Crippen LogP contribution in [0.3, 0.4) is 0 Å². The van der Waals surface area contributed by atoms with Crippen molar-refractivity contribution in [2.45, 2.75) is 40.5 Å². The Balaban J connectivity index is 1.48. The van der Waals surface area contributed by atoms with Crippen molar-refractivity contribution in [3.8, 4) is 23.0 Å². The number of amides is 2.